The molecule has 67 heavy (non-hydrogen) atoms. The lowest BCUT2D eigenvalue weighted by molar-refractivity contribution is 0.660. The van der Waals surface area contributed by atoms with Gasteiger partial charge in [0.15, 0.2) is 0 Å². The molecule has 2 aliphatic rings. The molecule has 4 heteroatoms. The highest BCUT2D eigenvalue weighted by atomic mass is 15.1. The topological polar surface area (TPSA) is 36.3 Å². The molecule has 0 radical (unpaired) electrons. The van der Waals surface area contributed by atoms with Crippen molar-refractivity contribution >= 4 is 65.8 Å². The van der Waals surface area contributed by atoms with Gasteiger partial charge in [-0.05, 0) is 110 Å². The Morgan fingerprint density at radius 3 is 1.94 bits per heavy atom. The molecule has 4 nitrogen and oxygen atoms in total. The number of para-hydroxylation sites is 3. The molecule has 14 rings (SSSR count). The van der Waals surface area contributed by atoms with Crippen molar-refractivity contribution in [2.75, 3.05) is 0 Å². The van der Waals surface area contributed by atoms with E-state index < -0.39 is 6.17 Å². The molecular formula is C63H43N4-. The second kappa shape index (κ2) is 14.3. The van der Waals surface area contributed by atoms with Crippen LogP contribution in [-0.2, 0) is 5.41 Å². The maximum atomic E-state index is 5.60. The van der Waals surface area contributed by atoms with Crippen molar-refractivity contribution < 1.29 is 0 Å². The first-order valence-corrected chi connectivity index (χ1v) is 23.3. The predicted molar refractivity (Wildman–Crippen MR) is 280 cm³/mol. The Bertz CT molecular complexity index is 4050. The van der Waals surface area contributed by atoms with E-state index in [1.54, 1.807) is 0 Å². The van der Waals surface area contributed by atoms with Gasteiger partial charge in [0.25, 0.3) is 0 Å². The molecular weight excluding hydrogens is 813 g/mol. The van der Waals surface area contributed by atoms with Gasteiger partial charge in [-0.2, -0.15) is 0 Å². The Balaban J connectivity index is 0.929. The first-order chi connectivity index (χ1) is 33.0. The molecule has 0 spiro atoms. The molecule has 1 aliphatic heterocycles. The summed E-state index contributed by atoms with van der Waals surface area (Å²) in [5.74, 6) is 0. The van der Waals surface area contributed by atoms with Crippen LogP contribution in [0.1, 0.15) is 47.8 Å². The molecule has 1 unspecified atom stereocenters. The smallest absolute Gasteiger partial charge is 0.0695 e. The average Bonchev–Trinajstić information content (AvgIpc) is 3.99. The molecule has 12 aromatic rings. The van der Waals surface area contributed by atoms with Crippen LogP contribution in [0, 0.1) is 0 Å². The van der Waals surface area contributed by atoms with Crippen molar-refractivity contribution in [3.8, 4) is 33.6 Å². The molecule has 0 saturated heterocycles. The van der Waals surface area contributed by atoms with E-state index in [9.17, 15) is 0 Å². The third kappa shape index (κ3) is 5.57. The summed E-state index contributed by atoms with van der Waals surface area (Å²) in [4.78, 5) is 5.60. The second-order valence-electron chi connectivity index (χ2n) is 18.7. The quantitative estimate of drug-likeness (QED) is 0.165. The van der Waals surface area contributed by atoms with Gasteiger partial charge < -0.3 is 14.5 Å². The first kappa shape index (κ1) is 37.9. The number of hydrogen-bond acceptors (Lipinski definition) is 1. The molecule has 1 aliphatic carbocycles. The largest absolute Gasteiger partial charge is 0.659 e. The summed E-state index contributed by atoms with van der Waals surface area (Å²) in [6, 6.07) is 79.8. The molecule has 3 heterocycles. The van der Waals surface area contributed by atoms with Crippen LogP contribution < -0.4 is 0 Å². The van der Waals surface area contributed by atoms with Crippen molar-refractivity contribution in [3.63, 3.8) is 0 Å². The van der Waals surface area contributed by atoms with E-state index in [4.69, 9.17) is 10.3 Å². The number of benzene rings is 10. The van der Waals surface area contributed by atoms with E-state index in [0.717, 1.165) is 55.9 Å². The zero-order valence-electron chi connectivity index (χ0n) is 37.2. The maximum absolute atomic E-state index is 5.60. The molecule has 1 atom stereocenters. The van der Waals surface area contributed by atoms with Crippen molar-refractivity contribution in [3.05, 3.63) is 252 Å². The molecule has 10 aromatic carbocycles. The van der Waals surface area contributed by atoms with Crippen LogP contribution in [0.3, 0.4) is 0 Å². The summed E-state index contributed by atoms with van der Waals surface area (Å²) in [7, 11) is 0. The van der Waals surface area contributed by atoms with Crippen molar-refractivity contribution in [2.24, 2.45) is 4.99 Å². The SMILES string of the molecule is CC1(C)c2ccccc2-c2cc(C3=NC(c4cccc(-n5c6ccccc6c6c(-c7ccc8c9ccccc9n(-c9ccccc9)c8c7)cccc65)c4)[N-]c4c3ccc3ccccc43)ccc21. The minimum absolute atomic E-state index is 0.0733. The molecule has 0 fully saturated rings. The van der Waals surface area contributed by atoms with Crippen molar-refractivity contribution in [1.29, 1.82) is 0 Å². The van der Waals surface area contributed by atoms with Gasteiger partial charge in [0.1, 0.15) is 0 Å². The van der Waals surface area contributed by atoms with Gasteiger partial charge in [0.2, 0.25) is 0 Å². The zero-order valence-corrected chi connectivity index (χ0v) is 37.2. The molecule has 0 saturated carbocycles. The van der Waals surface area contributed by atoms with Crippen molar-refractivity contribution in [1.82, 2.24) is 9.13 Å². The number of nitrogens with zero attached hydrogens (tertiary/aromatic N) is 4. The minimum Gasteiger partial charge on any atom is -0.659 e. The Kier molecular flexibility index (Phi) is 8.06. The molecule has 2 aromatic heterocycles. The van der Waals surface area contributed by atoms with E-state index >= 15 is 0 Å². The van der Waals surface area contributed by atoms with Crippen LogP contribution in [-0.4, -0.2) is 14.8 Å². The standard InChI is InChI=1S/C63H43N4/c1-63(2)53-26-11-8-22-47(53)52-37-41(32-35-54(52)63)60-51-34-30-39-16-6-7-21-46(39)61(51)65-62(64-60)42-17-14-20-44(36-42)67-56-28-13-10-24-50(56)59-45(25-15-29-57(59)67)40-31-33-49-48-23-9-12-27-55(48)66(58(49)38-40)43-18-4-3-5-19-43/h3-38,62H,1-2H3/q-1. The van der Waals surface area contributed by atoms with Crippen LogP contribution in [0.25, 0.3) is 93.3 Å². The number of aliphatic imine (C=N–C) groups is 1. The third-order valence-corrected chi connectivity index (χ3v) is 14.6. The Labute approximate surface area is 388 Å². The van der Waals surface area contributed by atoms with Crippen molar-refractivity contribution in [2.45, 2.75) is 25.4 Å². The van der Waals surface area contributed by atoms with Crippen LogP contribution >= 0.6 is 0 Å². The van der Waals surface area contributed by atoms with Crippen LogP contribution in [0.5, 0.6) is 0 Å². The third-order valence-electron chi connectivity index (χ3n) is 14.6. The van der Waals surface area contributed by atoms with Gasteiger partial charge >= 0.3 is 0 Å². The lowest BCUT2D eigenvalue weighted by atomic mass is 9.82. The second-order valence-corrected chi connectivity index (χ2v) is 18.7. The van der Waals surface area contributed by atoms with Gasteiger partial charge in [-0.3, -0.25) is 4.99 Å². The van der Waals surface area contributed by atoms with Gasteiger partial charge in [0, 0.05) is 50.1 Å². The normalized spacial score (nSPS) is 14.9. The highest BCUT2D eigenvalue weighted by Gasteiger charge is 2.35. The van der Waals surface area contributed by atoms with E-state index in [1.807, 2.05) is 0 Å². The number of aromatic nitrogens is 2. The molecule has 316 valence electrons. The highest BCUT2D eigenvalue weighted by Crippen LogP contribution is 2.51. The number of fused-ring (bicyclic) bond motifs is 12. The highest BCUT2D eigenvalue weighted by molar-refractivity contribution is 6.22. The van der Waals surface area contributed by atoms with E-state index in [-0.39, 0.29) is 5.41 Å². The summed E-state index contributed by atoms with van der Waals surface area (Å²) in [6.45, 7) is 4.67. The monoisotopic (exact) mass is 855 g/mol. The van der Waals surface area contributed by atoms with Crippen LogP contribution in [0.4, 0.5) is 5.69 Å². The fourth-order valence-corrected chi connectivity index (χ4v) is 11.5. The fraction of sp³-hybridized carbons (Fsp3) is 0.0635. The number of rotatable bonds is 5. The summed E-state index contributed by atoms with van der Waals surface area (Å²) in [6.07, 6.45) is -0.447. The molecule has 0 amide bonds. The average molecular weight is 856 g/mol. The summed E-state index contributed by atoms with van der Waals surface area (Å²) < 4.78 is 4.83. The van der Waals surface area contributed by atoms with Gasteiger partial charge in [0.05, 0.1) is 27.8 Å². The van der Waals surface area contributed by atoms with E-state index in [1.165, 1.54) is 71.3 Å². The van der Waals surface area contributed by atoms with Crippen LogP contribution in [0.15, 0.2) is 223 Å². The van der Waals surface area contributed by atoms with Crippen LogP contribution in [0.2, 0.25) is 0 Å². The number of hydrogen-bond donors (Lipinski definition) is 0. The predicted octanol–water partition coefficient (Wildman–Crippen LogP) is 16.6. The maximum Gasteiger partial charge on any atom is 0.0695 e. The Morgan fingerprint density at radius 1 is 0.418 bits per heavy atom. The summed E-state index contributed by atoms with van der Waals surface area (Å²) in [5, 5.41) is 12.8. The summed E-state index contributed by atoms with van der Waals surface area (Å²) in [5.41, 5.74) is 19.7. The molecule has 0 N–H and O–H groups in total. The Hall–Kier alpha value is -8.47. The molecule has 0 bridgehead atoms. The minimum atomic E-state index is -0.447. The fourth-order valence-electron chi connectivity index (χ4n) is 11.5. The first-order valence-electron chi connectivity index (χ1n) is 23.3. The summed E-state index contributed by atoms with van der Waals surface area (Å²) >= 11 is 0. The van der Waals surface area contributed by atoms with E-state index in [0.29, 0.717) is 0 Å². The van der Waals surface area contributed by atoms with Gasteiger partial charge in [-0.1, -0.05) is 178 Å². The lowest BCUT2D eigenvalue weighted by Crippen LogP contribution is -2.16. The van der Waals surface area contributed by atoms with E-state index in [2.05, 4.69) is 241 Å². The van der Waals surface area contributed by atoms with Gasteiger partial charge in [-0.25, -0.2) is 0 Å². The Morgan fingerprint density at radius 2 is 1.06 bits per heavy atom. The lowest BCUT2D eigenvalue weighted by Gasteiger charge is -2.39. The van der Waals surface area contributed by atoms with Gasteiger partial charge in [-0.15, -0.1) is 5.69 Å². The zero-order chi connectivity index (χ0) is 44.4.